The molecular weight excluding hydrogens is 277 g/mol. The lowest BCUT2D eigenvalue weighted by atomic mass is 10.0. The summed E-state index contributed by atoms with van der Waals surface area (Å²) in [6.07, 6.45) is 0. The first kappa shape index (κ1) is 12.9. The lowest BCUT2D eigenvalue weighted by Crippen LogP contribution is -2.10. The molecule has 1 heterocycles. The van der Waals surface area contributed by atoms with Gasteiger partial charge in [0, 0.05) is 10.6 Å². The average Bonchev–Trinajstić information content (AvgIpc) is 2.44. The lowest BCUT2D eigenvalue weighted by Gasteiger charge is -2.09. The van der Waals surface area contributed by atoms with E-state index < -0.39 is 5.82 Å². The van der Waals surface area contributed by atoms with E-state index in [0.29, 0.717) is 11.3 Å². The maximum absolute atomic E-state index is 14.0. The molecule has 0 atom stereocenters. The first-order chi connectivity index (χ1) is 9.58. The van der Waals surface area contributed by atoms with E-state index in [2.05, 4.69) is 4.98 Å². The average molecular weight is 288 g/mol. The van der Waals surface area contributed by atoms with E-state index >= 15 is 0 Å². The smallest absolute Gasteiger partial charge is 0.193 e. The molecule has 0 radical (unpaired) electrons. The third kappa shape index (κ3) is 2.00. The highest BCUT2D eigenvalue weighted by Crippen LogP contribution is 2.25. The van der Waals surface area contributed by atoms with Gasteiger partial charge in [0.1, 0.15) is 5.82 Å². The standard InChI is InChI=1S/C16H11ClFNO/c1-9-14(10-5-3-2-4-6-10)19-15-12(16(9)20)7-11(17)8-13(15)18/h2-8H,1H3,(H,19,20). The Balaban J connectivity index is 2.42. The number of aromatic nitrogens is 1. The Bertz CT molecular complexity index is 856. The molecule has 0 aliphatic carbocycles. The van der Waals surface area contributed by atoms with Crippen LogP contribution in [0.2, 0.25) is 5.02 Å². The van der Waals surface area contributed by atoms with Gasteiger partial charge in [0.25, 0.3) is 0 Å². The number of H-pyrrole nitrogens is 1. The zero-order valence-corrected chi connectivity index (χ0v) is 11.5. The highest BCUT2D eigenvalue weighted by atomic mass is 35.5. The van der Waals surface area contributed by atoms with Crippen molar-refractivity contribution in [2.24, 2.45) is 0 Å². The van der Waals surface area contributed by atoms with Crippen LogP contribution in [0, 0.1) is 12.7 Å². The van der Waals surface area contributed by atoms with Gasteiger partial charge in [0.2, 0.25) is 0 Å². The van der Waals surface area contributed by atoms with Gasteiger partial charge in [-0.2, -0.15) is 0 Å². The molecule has 0 spiro atoms. The second-order valence-electron chi connectivity index (χ2n) is 4.63. The van der Waals surface area contributed by atoms with Gasteiger partial charge in [-0.1, -0.05) is 41.9 Å². The zero-order chi connectivity index (χ0) is 14.3. The molecule has 0 aliphatic heterocycles. The summed E-state index contributed by atoms with van der Waals surface area (Å²) >= 11 is 5.81. The van der Waals surface area contributed by atoms with Crippen LogP contribution < -0.4 is 5.43 Å². The zero-order valence-electron chi connectivity index (χ0n) is 10.7. The third-order valence-electron chi connectivity index (χ3n) is 3.33. The van der Waals surface area contributed by atoms with Gasteiger partial charge in [0.15, 0.2) is 5.43 Å². The minimum Gasteiger partial charge on any atom is -0.352 e. The number of nitrogens with one attached hydrogen (secondary N) is 1. The van der Waals surface area contributed by atoms with Crippen molar-refractivity contribution < 1.29 is 4.39 Å². The van der Waals surface area contributed by atoms with Gasteiger partial charge in [-0.15, -0.1) is 0 Å². The normalized spacial score (nSPS) is 10.9. The summed E-state index contributed by atoms with van der Waals surface area (Å²) in [5.41, 5.74) is 2.00. The van der Waals surface area contributed by atoms with Crippen molar-refractivity contribution in [3.63, 3.8) is 0 Å². The molecule has 1 N–H and O–H groups in total. The summed E-state index contributed by atoms with van der Waals surface area (Å²) in [4.78, 5) is 15.4. The molecule has 0 amide bonds. The second kappa shape index (κ2) is 4.76. The molecule has 100 valence electrons. The van der Waals surface area contributed by atoms with Crippen molar-refractivity contribution >= 4 is 22.5 Å². The first-order valence-corrected chi connectivity index (χ1v) is 6.53. The molecule has 0 unspecified atom stereocenters. The van der Waals surface area contributed by atoms with Crippen LogP contribution in [-0.2, 0) is 0 Å². The number of hydrogen-bond acceptors (Lipinski definition) is 1. The summed E-state index contributed by atoms with van der Waals surface area (Å²) in [6, 6.07) is 12.1. The van der Waals surface area contributed by atoms with E-state index in [4.69, 9.17) is 11.6 Å². The Kier molecular flexibility index (Phi) is 3.07. The quantitative estimate of drug-likeness (QED) is 0.711. The van der Waals surface area contributed by atoms with E-state index in [1.807, 2.05) is 30.3 Å². The fourth-order valence-electron chi connectivity index (χ4n) is 2.31. The summed E-state index contributed by atoms with van der Waals surface area (Å²) < 4.78 is 14.0. The molecule has 3 aromatic rings. The largest absolute Gasteiger partial charge is 0.352 e. The fourth-order valence-corrected chi connectivity index (χ4v) is 2.51. The molecule has 0 fully saturated rings. The topological polar surface area (TPSA) is 32.9 Å². The van der Waals surface area contributed by atoms with E-state index in [0.717, 1.165) is 5.56 Å². The van der Waals surface area contributed by atoms with Crippen LogP contribution in [0.15, 0.2) is 47.3 Å². The molecule has 0 bridgehead atoms. The predicted molar refractivity (Wildman–Crippen MR) is 79.7 cm³/mol. The summed E-state index contributed by atoms with van der Waals surface area (Å²) in [5, 5.41) is 0.486. The second-order valence-corrected chi connectivity index (χ2v) is 5.07. The molecule has 2 nitrogen and oxygen atoms in total. The van der Waals surface area contributed by atoms with Crippen molar-refractivity contribution in [3.8, 4) is 11.3 Å². The Labute approximate surface area is 119 Å². The monoisotopic (exact) mass is 287 g/mol. The van der Waals surface area contributed by atoms with Gasteiger partial charge in [-0.05, 0) is 24.6 Å². The van der Waals surface area contributed by atoms with Crippen LogP contribution in [0.25, 0.3) is 22.2 Å². The van der Waals surface area contributed by atoms with Gasteiger partial charge in [-0.25, -0.2) is 4.39 Å². The van der Waals surface area contributed by atoms with Gasteiger partial charge in [-0.3, -0.25) is 4.79 Å². The summed E-state index contributed by atoms with van der Waals surface area (Å²) in [5.74, 6) is -0.526. The van der Waals surface area contributed by atoms with Crippen molar-refractivity contribution in [3.05, 3.63) is 69.1 Å². The van der Waals surface area contributed by atoms with Crippen LogP contribution in [0.4, 0.5) is 4.39 Å². The number of halogens is 2. The molecule has 3 rings (SSSR count). The molecule has 4 heteroatoms. The van der Waals surface area contributed by atoms with Crippen molar-refractivity contribution in [2.45, 2.75) is 6.92 Å². The molecular formula is C16H11ClFNO. The van der Waals surface area contributed by atoms with E-state index in [-0.39, 0.29) is 21.4 Å². The van der Waals surface area contributed by atoms with Crippen LogP contribution in [0.5, 0.6) is 0 Å². The minimum absolute atomic E-state index is 0.184. The number of hydrogen-bond donors (Lipinski definition) is 1. The molecule has 20 heavy (non-hydrogen) atoms. The van der Waals surface area contributed by atoms with Gasteiger partial charge in [0.05, 0.1) is 16.6 Å². The van der Waals surface area contributed by atoms with Crippen LogP contribution in [0.3, 0.4) is 0 Å². The lowest BCUT2D eigenvalue weighted by molar-refractivity contribution is 0.637. The Morgan fingerprint density at radius 3 is 2.55 bits per heavy atom. The van der Waals surface area contributed by atoms with E-state index in [9.17, 15) is 9.18 Å². The Morgan fingerprint density at radius 2 is 1.85 bits per heavy atom. The van der Waals surface area contributed by atoms with E-state index in [1.165, 1.54) is 12.1 Å². The third-order valence-corrected chi connectivity index (χ3v) is 3.55. The Morgan fingerprint density at radius 1 is 1.15 bits per heavy atom. The number of fused-ring (bicyclic) bond motifs is 1. The van der Waals surface area contributed by atoms with Crippen LogP contribution >= 0.6 is 11.6 Å². The van der Waals surface area contributed by atoms with Crippen molar-refractivity contribution in [2.75, 3.05) is 0 Å². The molecule has 2 aromatic carbocycles. The molecule has 0 saturated heterocycles. The number of benzene rings is 2. The van der Waals surface area contributed by atoms with Crippen molar-refractivity contribution in [1.82, 2.24) is 4.98 Å². The van der Waals surface area contributed by atoms with Crippen LogP contribution in [0.1, 0.15) is 5.56 Å². The van der Waals surface area contributed by atoms with Crippen LogP contribution in [-0.4, -0.2) is 4.98 Å². The maximum atomic E-state index is 14.0. The maximum Gasteiger partial charge on any atom is 0.193 e. The molecule has 0 aliphatic rings. The fraction of sp³-hybridized carbons (Fsp3) is 0.0625. The number of aromatic amines is 1. The van der Waals surface area contributed by atoms with Crippen molar-refractivity contribution in [1.29, 1.82) is 0 Å². The highest BCUT2D eigenvalue weighted by molar-refractivity contribution is 6.31. The number of pyridine rings is 1. The summed E-state index contributed by atoms with van der Waals surface area (Å²) in [7, 11) is 0. The highest BCUT2D eigenvalue weighted by Gasteiger charge is 2.13. The SMILES string of the molecule is Cc1c(-c2ccccc2)[nH]c2c(F)cc(Cl)cc2c1=O. The van der Waals surface area contributed by atoms with Gasteiger partial charge < -0.3 is 4.98 Å². The molecule has 0 saturated carbocycles. The Hall–Kier alpha value is -2.13. The predicted octanol–water partition coefficient (Wildman–Crippen LogP) is 4.30. The molecule has 1 aromatic heterocycles. The van der Waals surface area contributed by atoms with Gasteiger partial charge >= 0.3 is 0 Å². The minimum atomic E-state index is -0.526. The van der Waals surface area contributed by atoms with E-state index in [1.54, 1.807) is 6.92 Å². The first-order valence-electron chi connectivity index (χ1n) is 6.15. The number of rotatable bonds is 1. The summed E-state index contributed by atoms with van der Waals surface area (Å²) in [6.45, 7) is 1.72.